The smallest absolute Gasteiger partial charge is 0.119 e. The van der Waals surface area contributed by atoms with Crippen molar-refractivity contribution in [2.24, 2.45) is 0 Å². The van der Waals surface area contributed by atoms with E-state index in [4.69, 9.17) is 10.00 Å². The van der Waals surface area contributed by atoms with Crippen LogP contribution in [0.5, 0.6) is 5.75 Å². The van der Waals surface area contributed by atoms with Crippen LogP contribution in [0, 0.1) is 11.3 Å². The van der Waals surface area contributed by atoms with Gasteiger partial charge in [-0.3, -0.25) is 0 Å². The molecular formula is C12H15NOS. The molecule has 0 radical (unpaired) electrons. The second kappa shape index (κ2) is 5.09. The molecule has 0 saturated carbocycles. The van der Waals surface area contributed by atoms with Crippen molar-refractivity contribution in [1.82, 2.24) is 0 Å². The Bertz CT molecular complexity index is 351. The summed E-state index contributed by atoms with van der Waals surface area (Å²) in [5.41, 5.74) is 0. The number of benzene rings is 1. The molecule has 0 saturated heterocycles. The summed E-state index contributed by atoms with van der Waals surface area (Å²) in [6, 6.07) is 10.1. The highest BCUT2D eigenvalue weighted by atomic mass is 32.2. The Morgan fingerprint density at radius 1 is 1.33 bits per heavy atom. The second-order valence-electron chi connectivity index (χ2n) is 3.63. The summed E-state index contributed by atoms with van der Waals surface area (Å²) in [6.45, 7) is 6.46. The van der Waals surface area contributed by atoms with Crippen LogP contribution in [0.4, 0.5) is 0 Å². The van der Waals surface area contributed by atoms with Crippen molar-refractivity contribution in [1.29, 1.82) is 5.26 Å². The third-order valence-electron chi connectivity index (χ3n) is 1.78. The van der Waals surface area contributed by atoms with Crippen LogP contribution < -0.4 is 4.74 Å². The third-order valence-corrected chi connectivity index (χ3v) is 2.89. The molecule has 0 unspecified atom stereocenters. The number of hydrogen-bond donors (Lipinski definition) is 0. The second-order valence-corrected chi connectivity index (χ2v) is 5.32. The van der Waals surface area contributed by atoms with Crippen LogP contribution in [0.1, 0.15) is 20.8 Å². The lowest BCUT2D eigenvalue weighted by molar-refractivity contribution is 0.340. The Balaban J connectivity index is 2.69. The molecule has 2 nitrogen and oxygen atoms in total. The number of rotatable bonds is 4. The number of nitrogens with zero attached hydrogens (tertiary/aromatic N) is 1. The number of thioether (sulfide) groups is 1. The van der Waals surface area contributed by atoms with Crippen molar-refractivity contribution in [3.05, 3.63) is 24.3 Å². The lowest BCUT2D eigenvalue weighted by atomic mass is 10.2. The van der Waals surface area contributed by atoms with Gasteiger partial charge in [0.2, 0.25) is 0 Å². The SMILES string of the molecule is CCOc1ccc(SC(C)(C)C#N)cc1. The lowest BCUT2D eigenvalue weighted by Gasteiger charge is -2.14. The van der Waals surface area contributed by atoms with E-state index in [9.17, 15) is 0 Å². The van der Waals surface area contributed by atoms with Gasteiger partial charge in [0.05, 0.1) is 12.7 Å². The molecule has 0 amide bonds. The summed E-state index contributed by atoms with van der Waals surface area (Å²) in [4.78, 5) is 1.09. The van der Waals surface area contributed by atoms with E-state index in [1.807, 2.05) is 45.0 Å². The monoisotopic (exact) mass is 221 g/mol. The van der Waals surface area contributed by atoms with E-state index in [0.717, 1.165) is 10.6 Å². The third kappa shape index (κ3) is 3.85. The van der Waals surface area contributed by atoms with E-state index in [-0.39, 0.29) is 4.75 Å². The standard InChI is InChI=1S/C12H15NOS/c1-4-14-10-5-7-11(8-6-10)15-12(2,3)9-13/h5-8H,4H2,1-3H3. The van der Waals surface area contributed by atoms with Crippen molar-refractivity contribution < 1.29 is 4.74 Å². The fraction of sp³-hybridized carbons (Fsp3) is 0.417. The highest BCUT2D eigenvalue weighted by molar-refractivity contribution is 8.00. The quantitative estimate of drug-likeness (QED) is 0.730. The summed E-state index contributed by atoms with van der Waals surface area (Å²) < 4.78 is 4.96. The largest absolute Gasteiger partial charge is 0.494 e. The van der Waals surface area contributed by atoms with Gasteiger partial charge in [-0.05, 0) is 45.0 Å². The van der Waals surface area contributed by atoms with Crippen molar-refractivity contribution >= 4 is 11.8 Å². The van der Waals surface area contributed by atoms with Crippen molar-refractivity contribution in [2.75, 3.05) is 6.61 Å². The fourth-order valence-corrected chi connectivity index (χ4v) is 2.00. The molecule has 0 aliphatic heterocycles. The van der Waals surface area contributed by atoms with Gasteiger partial charge in [-0.2, -0.15) is 5.26 Å². The van der Waals surface area contributed by atoms with Gasteiger partial charge in [-0.25, -0.2) is 0 Å². The average molecular weight is 221 g/mol. The zero-order valence-corrected chi connectivity index (χ0v) is 10.1. The molecule has 0 atom stereocenters. The van der Waals surface area contributed by atoms with Crippen LogP contribution in [-0.2, 0) is 0 Å². The highest BCUT2D eigenvalue weighted by Gasteiger charge is 2.17. The maximum Gasteiger partial charge on any atom is 0.119 e. The molecular weight excluding hydrogens is 206 g/mol. The number of hydrogen-bond acceptors (Lipinski definition) is 3. The minimum absolute atomic E-state index is 0.382. The number of ether oxygens (including phenoxy) is 1. The molecule has 0 aliphatic carbocycles. The van der Waals surface area contributed by atoms with E-state index < -0.39 is 0 Å². The minimum atomic E-state index is -0.382. The van der Waals surface area contributed by atoms with Gasteiger partial charge < -0.3 is 4.74 Å². The lowest BCUT2D eigenvalue weighted by Crippen LogP contribution is -2.09. The zero-order chi connectivity index (χ0) is 11.3. The van der Waals surface area contributed by atoms with Crippen LogP contribution >= 0.6 is 11.8 Å². The highest BCUT2D eigenvalue weighted by Crippen LogP contribution is 2.32. The van der Waals surface area contributed by atoms with E-state index in [1.165, 1.54) is 0 Å². The maximum atomic E-state index is 8.90. The van der Waals surface area contributed by atoms with E-state index in [1.54, 1.807) is 11.8 Å². The first-order valence-corrected chi connectivity index (χ1v) is 5.72. The minimum Gasteiger partial charge on any atom is -0.494 e. The molecule has 15 heavy (non-hydrogen) atoms. The Morgan fingerprint density at radius 2 is 1.93 bits per heavy atom. The predicted octanol–water partition coefficient (Wildman–Crippen LogP) is 3.48. The molecule has 0 spiro atoms. The van der Waals surface area contributed by atoms with Gasteiger partial charge in [0, 0.05) is 4.90 Å². The fourth-order valence-electron chi connectivity index (χ4n) is 1.09. The summed E-state index contributed by atoms with van der Waals surface area (Å²) in [6.07, 6.45) is 0. The summed E-state index contributed by atoms with van der Waals surface area (Å²) in [5, 5.41) is 8.90. The molecule has 0 fully saturated rings. The van der Waals surface area contributed by atoms with Crippen molar-refractivity contribution in [3.63, 3.8) is 0 Å². The molecule has 1 aromatic rings. The first-order chi connectivity index (χ1) is 7.07. The van der Waals surface area contributed by atoms with Crippen LogP contribution in [0.2, 0.25) is 0 Å². The Kier molecular flexibility index (Phi) is 4.05. The maximum absolute atomic E-state index is 8.90. The Labute approximate surface area is 95.3 Å². The molecule has 0 aliphatic rings. The van der Waals surface area contributed by atoms with Gasteiger partial charge in [0.15, 0.2) is 0 Å². The molecule has 0 heterocycles. The van der Waals surface area contributed by atoms with Gasteiger partial charge >= 0.3 is 0 Å². The van der Waals surface area contributed by atoms with Gasteiger partial charge in [-0.1, -0.05) is 0 Å². The van der Waals surface area contributed by atoms with Crippen LogP contribution in [0.25, 0.3) is 0 Å². The van der Waals surface area contributed by atoms with E-state index in [0.29, 0.717) is 6.61 Å². The summed E-state index contributed by atoms with van der Waals surface area (Å²) in [5.74, 6) is 0.872. The Morgan fingerprint density at radius 3 is 2.40 bits per heavy atom. The van der Waals surface area contributed by atoms with Crippen LogP contribution in [0.3, 0.4) is 0 Å². The first-order valence-electron chi connectivity index (χ1n) is 4.90. The zero-order valence-electron chi connectivity index (χ0n) is 9.28. The Hall–Kier alpha value is -1.14. The van der Waals surface area contributed by atoms with Crippen molar-refractivity contribution in [3.8, 4) is 11.8 Å². The predicted molar refractivity (Wildman–Crippen MR) is 63.2 cm³/mol. The van der Waals surface area contributed by atoms with E-state index in [2.05, 4.69) is 6.07 Å². The first kappa shape index (κ1) is 11.9. The average Bonchev–Trinajstić information content (AvgIpc) is 2.21. The molecule has 80 valence electrons. The molecule has 0 N–H and O–H groups in total. The van der Waals surface area contributed by atoms with Crippen LogP contribution in [-0.4, -0.2) is 11.4 Å². The summed E-state index contributed by atoms with van der Waals surface area (Å²) in [7, 11) is 0. The topological polar surface area (TPSA) is 33.0 Å². The van der Waals surface area contributed by atoms with Gasteiger partial charge in [0.25, 0.3) is 0 Å². The normalized spacial score (nSPS) is 10.8. The van der Waals surface area contributed by atoms with Gasteiger partial charge in [-0.15, -0.1) is 11.8 Å². The van der Waals surface area contributed by atoms with Crippen molar-refractivity contribution in [2.45, 2.75) is 30.4 Å². The summed E-state index contributed by atoms with van der Waals surface area (Å²) >= 11 is 1.56. The van der Waals surface area contributed by atoms with Crippen LogP contribution in [0.15, 0.2) is 29.2 Å². The molecule has 1 rings (SSSR count). The molecule has 3 heteroatoms. The molecule has 1 aromatic carbocycles. The van der Waals surface area contributed by atoms with E-state index >= 15 is 0 Å². The number of nitriles is 1. The van der Waals surface area contributed by atoms with Gasteiger partial charge in [0.1, 0.15) is 10.5 Å². The molecule has 0 aromatic heterocycles. The molecule has 0 bridgehead atoms.